The summed E-state index contributed by atoms with van der Waals surface area (Å²) in [5, 5.41) is 0.0711. The van der Waals surface area contributed by atoms with Crippen molar-refractivity contribution in [3.8, 4) is 5.75 Å². The highest BCUT2D eigenvalue weighted by Gasteiger charge is 2.42. The normalized spacial score (nSPS) is 27.7. The molecule has 2 rings (SSSR count). The van der Waals surface area contributed by atoms with Crippen LogP contribution in [-0.2, 0) is 10.2 Å². The van der Waals surface area contributed by atoms with Crippen molar-refractivity contribution >= 4 is 11.6 Å². The van der Waals surface area contributed by atoms with E-state index < -0.39 is 0 Å². The Morgan fingerprint density at radius 1 is 1.22 bits per heavy atom. The van der Waals surface area contributed by atoms with E-state index in [1.54, 1.807) is 7.11 Å². The summed E-state index contributed by atoms with van der Waals surface area (Å²) in [6.07, 6.45) is 0.916. The van der Waals surface area contributed by atoms with Gasteiger partial charge in [-0.3, -0.25) is 0 Å². The third-order valence-corrected chi connectivity index (χ3v) is 3.85. The summed E-state index contributed by atoms with van der Waals surface area (Å²) in [6.45, 7) is 6.57. The maximum absolute atomic E-state index is 6.10. The molecule has 0 bridgehead atoms. The van der Waals surface area contributed by atoms with E-state index >= 15 is 0 Å². The van der Waals surface area contributed by atoms with Crippen molar-refractivity contribution in [1.29, 1.82) is 0 Å². The van der Waals surface area contributed by atoms with Crippen LogP contribution < -0.4 is 4.74 Å². The van der Waals surface area contributed by atoms with E-state index in [-0.39, 0.29) is 23.0 Å². The standard InChI is InChI=1S/C15H21ClO2/c1-15(2,3)10-7-5-6-8-12(10)18-13-9-11(16)14(13)17-4/h5-8,11,13-14H,9H2,1-4H3. The molecule has 100 valence electrons. The fourth-order valence-corrected chi connectivity index (χ4v) is 2.73. The van der Waals surface area contributed by atoms with Crippen LogP contribution in [0.15, 0.2) is 24.3 Å². The highest BCUT2D eigenvalue weighted by molar-refractivity contribution is 6.21. The van der Waals surface area contributed by atoms with Gasteiger partial charge < -0.3 is 9.47 Å². The zero-order chi connectivity index (χ0) is 13.3. The lowest BCUT2D eigenvalue weighted by Crippen LogP contribution is -2.52. The van der Waals surface area contributed by atoms with Gasteiger partial charge >= 0.3 is 0 Å². The summed E-state index contributed by atoms with van der Waals surface area (Å²) in [6, 6.07) is 8.19. The molecular weight excluding hydrogens is 248 g/mol. The van der Waals surface area contributed by atoms with Gasteiger partial charge in [-0.05, 0) is 17.0 Å². The maximum atomic E-state index is 6.10. The highest BCUT2D eigenvalue weighted by Crippen LogP contribution is 2.36. The highest BCUT2D eigenvalue weighted by atomic mass is 35.5. The van der Waals surface area contributed by atoms with E-state index in [0.717, 1.165) is 12.2 Å². The first-order valence-corrected chi connectivity index (χ1v) is 6.80. The molecule has 0 amide bonds. The lowest BCUT2D eigenvalue weighted by Gasteiger charge is -2.40. The Balaban J connectivity index is 2.15. The summed E-state index contributed by atoms with van der Waals surface area (Å²) in [5.41, 5.74) is 1.29. The first kappa shape index (κ1) is 13.7. The second-order valence-corrected chi connectivity index (χ2v) is 6.42. The minimum absolute atomic E-state index is 0.000286. The van der Waals surface area contributed by atoms with Crippen LogP contribution in [0.5, 0.6) is 5.75 Å². The largest absolute Gasteiger partial charge is 0.487 e. The quantitative estimate of drug-likeness (QED) is 0.777. The second kappa shape index (κ2) is 5.10. The van der Waals surface area contributed by atoms with E-state index in [9.17, 15) is 0 Å². The van der Waals surface area contributed by atoms with Gasteiger partial charge in [0.05, 0.1) is 5.38 Å². The van der Waals surface area contributed by atoms with E-state index in [2.05, 4.69) is 26.8 Å². The van der Waals surface area contributed by atoms with Gasteiger partial charge in [0.1, 0.15) is 18.0 Å². The van der Waals surface area contributed by atoms with Crippen molar-refractivity contribution < 1.29 is 9.47 Å². The minimum Gasteiger partial charge on any atom is -0.487 e. The second-order valence-electron chi connectivity index (χ2n) is 5.85. The Labute approximate surface area is 114 Å². The number of ether oxygens (including phenoxy) is 2. The number of alkyl halides is 1. The molecule has 18 heavy (non-hydrogen) atoms. The molecule has 1 aliphatic carbocycles. The molecule has 0 aliphatic heterocycles. The molecule has 0 heterocycles. The van der Waals surface area contributed by atoms with Crippen molar-refractivity contribution in [2.75, 3.05) is 7.11 Å². The summed E-state index contributed by atoms with van der Waals surface area (Å²) < 4.78 is 11.4. The third kappa shape index (κ3) is 2.65. The van der Waals surface area contributed by atoms with Gasteiger partial charge in [0, 0.05) is 13.5 Å². The number of hydrogen-bond acceptors (Lipinski definition) is 2. The van der Waals surface area contributed by atoms with Gasteiger partial charge in [0.25, 0.3) is 0 Å². The fraction of sp³-hybridized carbons (Fsp3) is 0.600. The number of hydrogen-bond donors (Lipinski definition) is 0. The zero-order valence-corrected chi connectivity index (χ0v) is 12.2. The molecule has 1 aromatic rings. The topological polar surface area (TPSA) is 18.5 Å². The number of benzene rings is 1. The smallest absolute Gasteiger partial charge is 0.128 e. The molecule has 0 N–H and O–H groups in total. The maximum Gasteiger partial charge on any atom is 0.128 e. The SMILES string of the molecule is COC1C(Cl)CC1Oc1ccccc1C(C)(C)C. The van der Waals surface area contributed by atoms with E-state index in [4.69, 9.17) is 21.1 Å². The third-order valence-electron chi connectivity index (χ3n) is 3.43. The van der Waals surface area contributed by atoms with Gasteiger partial charge in [-0.2, -0.15) is 0 Å². The van der Waals surface area contributed by atoms with Crippen LogP contribution in [0.1, 0.15) is 32.8 Å². The molecule has 1 aliphatic rings. The number of para-hydroxylation sites is 1. The van der Waals surface area contributed by atoms with Crippen LogP contribution in [0, 0.1) is 0 Å². The summed E-state index contributed by atoms with van der Waals surface area (Å²) in [5.74, 6) is 0.945. The summed E-state index contributed by atoms with van der Waals surface area (Å²) in [7, 11) is 1.69. The monoisotopic (exact) mass is 268 g/mol. The van der Waals surface area contributed by atoms with Gasteiger partial charge in [0.2, 0.25) is 0 Å². The number of halogens is 1. The van der Waals surface area contributed by atoms with Crippen molar-refractivity contribution in [3.05, 3.63) is 29.8 Å². The Hall–Kier alpha value is -0.730. The summed E-state index contributed by atoms with van der Waals surface area (Å²) in [4.78, 5) is 0. The van der Waals surface area contributed by atoms with Gasteiger partial charge in [-0.1, -0.05) is 39.0 Å². The molecule has 1 fully saturated rings. The molecule has 0 aromatic heterocycles. The van der Waals surface area contributed by atoms with E-state index in [1.807, 2.05) is 18.2 Å². The lowest BCUT2D eigenvalue weighted by molar-refractivity contribution is -0.0589. The zero-order valence-electron chi connectivity index (χ0n) is 11.4. The minimum atomic E-state index is -0.000286. The van der Waals surface area contributed by atoms with Crippen LogP contribution >= 0.6 is 11.6 Å². The molecule has 0 radical (unpaired) electrons. The van der Waals surface area contributed by atoms with Gasteiger partial charge in [0.15, 0.2) is 0 Å². The molecular formula is C15H21ClO2. The van der Waals surface area contributed by atoms with Crippen LogP contribution in [0.25, 0.3) is 0 Å². The Kier molecular flexibility index (Phi) is 3.88. The van der Waals surface area contributed by atoms with Crippen molar-refractivity contribution in [3.63, 3.8) is 0 Å². The Bertz CT molecular complexity index is 411. The van der Waals surface area contributed by atoms with Crippen LogP contribution in [0.2, 0.25) is 0 Å². The average molecular weight is 269 g/mol. The van der Waals surface area contributed by atoms with E-state index in [0.29, 0.717) is 0 Å². The van der Waals surface area contributed by atoms with Gasteiger partial charge in [-0.15, -0.1) is 11.6 Å². The molecule has 0 saturated heterocycles. The van der Waals surface area contributed by atoms with Gasteiger partial charge in [-0.25, -0.2) is 0 Å². The summed E-state index contributed by atoms with van der Waals surface area (Å²) >= 11 is 6.10. The fourth-order valence-electron chi connectivity index (χ4n) is 2.29. The molecule has 3 atom stereocenters. The number of rotatable bonds is 3. The predicted octanol–water partition coefficient (Wildman–Crippen LogP) is 3.76. The Morgan fingerprint density at radius 3 is 2.44 bits per heavy atom. The van der Waals surface area contributed by atoms with Crippen LogP contribution in [0.4, 0.5) is 0 Å². The molecule has 1 saturated carbocycles. The molecule has 0 spiro atoms. The molecule has 3 heteroatoms. The van der Waals surface area contributed by atoms with Crippen LogP contribution in [0.3, 0.4) is 0 Å². The van der Waals surface area contributed by atoms with Crippen LogP contribution in [-0.4, -0.2) is 24.7 Å². The van der Waals surface area contributed by atoms with Crippen molar-refractivity contribution in [2.45, 2.75) is 50.2 Å². The van der Waals surface area contributed by atoms with E-state index in [1.165, 1.54) is 5.56 Å². The first-order chi connectivity index (χ1) is 8.43. The first-order valence-electron chi connectivity index (χ1n) is 6.36. The lowest BCUT2D eigenvalue weighted by atomic mass is 9.86. The number of methoxy groups -OCH3 is 1. The predicted molar refractivity (Wildman–Crippen MR) is 74.6 cm³/mol. The molecule has 2 nitrogen and oxygen atoms in total. The van der Waals surface area contributed by atoms with Crippen molar-refractivity contribution in [2.24, 2.45) is 0 Å². The molecule has 1 aromatic carbocycles. The molecule has 3 unspecified atom stereocenters. The average Bonchev–Trinajstić information content (AvgIpc) is 2.28. The Morgan fingerprint density at radius 2 is 1.89 bits per heavy atom. The van der Waals surface area contributed by atoms with Crippen molar-refractivity contribution in [1.82, 2.24) is 0 Å².